The summed E-state index contributed by atoms with van der Waals surface area (Å²) in [6, 6.07) is 9.33. The van der Waals surface area contributed by atoms with Crippen LogP contribution in [0.2, 0.25) is 0 Å². The Morgan fingerprint density at radius 3 is 2.71 bits per heavy atom. The van der Waals surface area contributed by atoms with Crippen LogP contribution in [0.4, 0.5) is 10.1 Å². The third-order valence-electron chi connectivity index (χ3n) is 2.59. The summed E-state index contributed by atoms with van der Waals surface area (Å²) >= 11 is 0. The van der Waals surface area contributed by atoms with Crippen molar-refractivity contribution >= 4 is 5.69 Å². The van der Waals surface area contributed by atoms with E-state index in [1.54, 1.807) is 16.7 Å². The van der Waals surface area contributed by atoms with Crippen molar-refractivity contribution in [2.24, 2.45) is 0 Å². The van der Waals surface area contributed by atoms with Crippen LogP contribution in [0.3, 0.4) is 0 Å². The molecule has 17 heavy (non-hydrogen) atoms. The molecule has 0 saturated carbocycles. The Bertz CT molecular complexity index is 584. The highest BCUT2D eigenvalue weighted by atomic mass is 19.1. The summed E-state index contributed by atoms with van der Waals surface area (Å²) < 4.78 is 14.7. The van der Waals surface area contributed by atoms with Gasteiger partial charge in [-0.15, -0.1) is 0 Å². The van der Waals surface area contributed by atoms with E-state index in [-0.39, 0.29) is 11.4 Å². The van der Waals surface area contributed by atoms with Gasteiger partial charge in [0.2, 0.25) is 0 Å². The molecule has 2 rings (SSSR count). The summed E-state index contributed by atoms with van der Waals surface area (Å²) in [7, 11) is 0. The van der Waals surface area contributed by atoms with Crippen molar-refractivity contribution < 1.29 is 4.39 Å². The maximum atomic E-state index is 13.2. The summed E-state index contributed by atoms with van der Waals surface area (Å²) in [6.07, 6.45) is 0. The topological polar surface area (TPSA) is 48.0 Å². The first-order valence-electron chi connectivity index (χ1n) is 5.27. The van der Waals surface area contributed by atoms with Crippen LogP contribution in [0.25, 0.3) is 0 Å². The molecule has 0 aliphatic heterocycles. The van der Waals surface area contributed by atoms with Crippen LogP contribution < -0.4 is 11.3 Å². The normalized spacial score (nSPS) is 10.5. The molecule has 2 aromatic rings. The zero-order valence-corrected chi connectivity index (χ0v) is 9.48. The number of benzene rings is 1. The first-order chi connectivity index (χ1) is 8.06. The van der Waals surface area contributed by atoms with E-state index in [9.17, 15) is 9.18 Å². The Morgan fingerprint density at radius 2 is 2.06 bits per heavy atom. The molecule has 1 aromatic heterocycles. The van der Waals surface area contributed by atoms with Crippen molar-refractivity contribution in [3.05, 3.63) is 63.8 Å². The lowest BCUT2D eigenvalue weighted by molar-refractivity contribution is 0.622. The highest BCUT2D eigenvalue weighted by Crippen LogP contribution is 2.12. The molecule has 0 amide bonds. The summed E-state index contributed by atoms with van der Waals surface area (Å²) in [5.74, 6) is -0.387. The lowest BCUT2D eigenvalue weighted by Gasteiger charge is -2.10. The largest absolute Gasteiger partial charge is 0.399 e. The number of aromatic nitrogens is 1. The van der Waals surface area contributed by atoms with Crippen molar-refractivity contribution in [2.45, 2.75) is 13.5 Å². The second kappa shape index (κ2) is 4.41. The van der Waals surface area contributed by atoms with Crippen LogP contribution in [-0.4, -0.2) is 4.57 Å². The third-order valence-corrected chi connectivity index (χ3v) is 2.59. The molecule has 0 bridgehead atoms. The average molecular weight is 232 g/mol. The molecule has 2 N–H and O–H groups in total. The highest BCUT2D eigenvalue weighted by Gasteiger charge is 2.03. The summed E-state index contributed by atoms with van der Waals surface area (Å²) in [5, 5.41) is 0. The first-order valence-corrected chi connectivity index (χ1v) is 5.27. The average Bonchev–Trinajstić information content (AvgIpc) is 2.22. The molecule has 1 heterocycles. The Labute approximate surface area is 98.3 Å². The molecule has 0 radical (unpaired) electrons. The van der Waals surface area contributed by atoms with Crippen LogP contribution in [0.1, 0.15) is 11.3 Å². The minimum Gasteiger partial charge on any atom is -0.399 e. The maximum absolute atomic E-state index is 13.2. The molecule has 0 spiro atoms. The second-order valence-electron chi connectivity index (χ2n) is 3.98. The van der Waals surface area contributed by atoms with E-state index in [4.69, 9.17) is 5.73 Å². The van der Waals surface area contributed by atoms with Gasteiger partial charge in [-0.1, -0.05) is 6.07 Å². The summed E-state index contributed by atoms with van der Waals surface area (Å²) in [5.41, 5.74) is 7.33. The minimum absolute atomic E-state index is 0.104. The van der Waals surface area contributed by atoms with Gasteiger partial charge in [0.25, 0.3) is 5.56 Å². The molecular weight excluding hydrogens is 219 g/mol. The standard InChI is InChI=1S/C13H13FN2O/c1-9-3-2-4-13(17)16(9)8-10-5-11(14)7-12(15)6-10/h2-7H,8,15H2,1H3. The number of anilines is 1. The van der Waals surface area contributed by atoms with Crippen molar-refractivity contribution in [3.63, 3.8) is 0 Å². The molecule has 0 saturated heterocycles. The molecule has 1 aromatic carbocycles. The highest BCUT2D eigenvalue weighted by molar-refractivity contribution is 5.41. The van der Waals surface area contributed by atoms with Gasteiger partial charge in [-0.25, -0.2) is 4.39 Å². The van der Waals surface area contributed by atoms with Gasteiger partial charge in [-0.05, 0) is 36.8 Å². The van der Waals surface area contributed by atoms with Gasteiger partial charge in [-0.3, -0.25) is 4.79 Å². The number of rotatable bonds is 2. The Kier molecular flexibility index (Phi) is 2.95. The van der Waals surface area contributed by atoms with Gasteiger partial charge in [0, 0.05) is 17.4 Å². The molecular formula is C13H13FN2O. The lowest BCUT2D eigenvalue weighted by atomic mass is 10.2. The Morgan fingerprint density at radius 1 is 1.29 bits per heavy atom. The zero-order valence-electron chi connectivity index (χ0n) is 9.48. The molecule has 88 valence electrons. The summed E-state index contributed by atoms with van der Waals surface area (Å²) in [6.45, 7) is 2.16. The molecule has 4 heteroatoms. The monoisotopic (exact) mass is 232 g/mol. The Hall–Kier alpha value is -2.10. The van der Waals surface area contributed by atoms with Gasteiger partial charge >= 0.3 is 0 Å². The SMILES string of the molecule is Cc1cccc(=O)n1Cc1cc(N)cc(F)c1. The van der Waals surface area contributed by atoms with Gasteiger partial charge < -0.3 is 10.3 Å². The van der Waals surface area contributed by atoms with Gasteiger partial charge in [0.05, 0.1) is 6.54 Å². The molecule has 0 fully saturated rings. The Balaban J connectivity index is 2.41. The molecule has 3 nitrogen and oxygen atoms in total. The van der Waals surface area contributed by atoms with E-state index in [1.807, 2.05) is 13.0 Å². The van der Waals surface area contributed by atoms with Crippen molar-refractivity contribution in [1.82, 2.24) is 4.57 Å². The fourth-order valence-corrected chi connectivity index (χ4v) is 1.78. The van der Waals surface area contributed by atoms with Gasteiger partial charge in [-0.2, -0.15) is 0 Å². The number of pyridine rings is 1. The van der Waals surface area contributed by atoms with Crippen LogP contribution >= 0.6 is 0 Å². The predicted molar refractivity (Wildman–Crippen MR) is 65.4 cm³/mol. The zero-order chi connectivity index (χ0) is 12.4. The van der Waals surface area contributed by atoms with E-state index in [0.717, 1.165) is 5.69 Å². The second-order valence-corrected chi connectivity index (χ2v) is 3.98. The fraction of sp³-hybridized carbons (Fsp3) is 0.154. The quantitative estimate of drug-likeness (QED) is 0.804. The minimum atomic E-state index is -0.387. The van der Waals surface area contributed by atoms with E-state index >= 15 is 0 Å². The maximum Gasteiger partial charge on any atom is 0.251 e. The number of halogens is 1. The first kappa shape index (κ1) is 11.4. The van der Waals surface area contributed by atoms with E-state index < -0.39 is 0 Å². The van der Waals surface area contributed by atoms with E-state index in [1.165, 1.54) is 18.2 Å². The smallest absolute Gasteiger partial charge is 0.251 e. The number of nitrogens with two attached hydrogens (primary N) is 1. The number of hydrogen-bond acceptors (Lipinski definition) is 2. The molecule has 0 unspecified atom stereocenters. The van der Waals surface area contributed by atoms with Crippen LogP contribution in [0, 0.1) is 12.7 Å². The predicted octanol–water partition coefficient (Wildman–Crippen LogP) is 1.93. The lowest BCUT2D eigenvalue weighted by Crippen LogP contribution is -2.21. The van der Waals surface area contributed by atoms with Crippen LogP contribution in [0.15, 0.2) is 41.2 Å². The number of nitrogen functional groups attached to an aromatic ring is 1. The van der Waals surface area contributed by atoms with Crippen LogP contribution in [0.5, 0.6) is 0 Å². The van der Waals surface area contributed by atoms with E-state index in [0.29, 0.717) is 17.8 Å². The number of aryl methyl sites for hydroxylation is 1. The summed E-state index contributed by atoms with van der Waals surface area (Å²) in [4.78, 5) is 11.7. The molecule has 0 aliphatic carbocycles. The number of nitrogens with zero attached hydrogens (tertiary/aromatic N) is 1. The molecule has 0 atom stereocenters. The van der Waals surface area contributed by atoms with Crippen LogP contribution in [-0.2, 0) is 6.54 Å². The van der Waals surface area contributed by atoms with Crippen molar-refractivity contribution in [1.29, 1.82) is 0 Å². The molecule has 0 aliphatic rings. The van der Waals surface area contributed by atoms with Gasteiger partial charge in [0.1, 0.15) is 5.82 Å². The number of hydrogen-bond donors (Lipinski definition) is 1. The van der Waals surface area contributed by atoms with Crippen molar-refractivity contribution in [3.8, 4) is 0 Å². The van der Waals surface area contributed by atoms with E-state index in [2.05, 4.69) is 0 Å². The fourth-order valence-electron chi connectivity index (χ4n) is 1.78. The van der Waals surface area contributed by atoms with Crippen molar-refractivity contribution in [2.75, 3.05) is 5.73 Å². The third kappa shape index (κ3) is 2.53. The van der Waals surface area contributed by atoms with Gasteiger partial charge in [0.15, 0.2) is 0 Å².